The Labute approximate surface area is 288 Å². The molecule has 0 bridgehead atoms. The van der Waals surface area contributed by atoms with Gasteiger partial charge in [0, 0.05) is 80.6 Å². The Morgan fingerprint density at radius 3 is 2.43 bits per heavy atom. The van der Waals surface area contributed by atoms with E-state index in [9.17, 15) is 14.4 Å². The van der Waals surface area contributed by atoms with Crippen LogP contribution in [-0.2, 0) is 4.74 Å². The molecule has 0 atom stereocenters. The second-order valence-corrected chi connectivity index (χ2v) is 14.8. The first-order valence-corrected chi connectivity index (χ1v) is 17.6. The zero-order chi connectivity index (χ0) is 34.4. The molecule has 1 aliphatic carbocycles. The standard InChI is InChI=1S/C36H41N7O5S/c1-36(2,3)48-35(46)42-16-14-41(15-17-42)29-19-28(44)31-30(47-29)26(21-49-31)22-10-12-24(13-11-22)38-34-37-20-23-18-27(33(45)40(4)5)43(32(23)39-34)25-8-6-7-9-25/h10-13,18-21,25H,6-9,14-17H2,1-5H3,(H,37,38,39). The molecular weight excluding hydrogens is 643 g/mol. The minimum Gasteiger partial charge on any atom is -0.444 e. The quantitative estimate of drug-likeness (QED) is 0.204. The monoisotopic (exact) mass is 683 g/mol. The summed E-state index contributed by atoms with van der Waals surface area (Å²) in [4.78, 5) is 53.4. The fourth-order valence-electron chi connectivity index (χ4n) is 6.58. The van der Waals surface area contributed by atoms with Crippen LogP contribution in [0.5, 0.6) is 0 Å². The Morgan fingerprint density at radius 2 is 1.76 bits per heavy atom. The third-order valence-electron chi connectivity index (χ3n) is 9.02. The molecule has 2 aliphatic rings. The van der Waals surface area contributed by atoms with Crippen LogP contribution < -0.4 is 15.6 Å². The Balaban J connectivity index is 1.10. The van der Waals surface area contributed by atoms with Crippen LogP contribution in [0.1, 0.15) is 63.0 Å². The molecule has 1 saturated carbocycles. The number of carbonyl (C=O) groups is 2. The smallest absolute Gasteiger partial charge is 0.410 e. The van der Waals surface area contributed by atoms with Crippen molar-refractivity contribution in [3.05, 3.63) is 63.9 Å². The Bertz CT molecular complexity index is 2080. The van der Waals surface area contributed by atoms with Crippen molar-refractivity contribution in [2.45, 2.75) is 58.1 Å². The lowest BCUT2D eigenvalue weighted by Crippen LogP contribution is -2.50. The van der Waals surface area contributed by atoms with Crippen molar-refractivity contribution in [1.82, 2.24) is 24.3 Å². The molecule has 0 radical (unpaired) electrons. The molecule has 4 aromatic heterocycles. The van der Waals surface area contributed by atoms with E-state index in [2.05, 4.69) is 14.9 Å². The van der Waals surface area contributed by atoms with E-state index in [-0.39, 0.29) is 23.5 Å². The van der Waals surface area contributed by atoms with Gasteiger partial charge in [-0.2, -0.15) is 4.98 Å². The number of hydrogen-bond acceptors (Lipinski definition) is 10. The Morgan fingerprint density at radius 1 is 1.04 bits per heavy atom. The molecule has 1 N–H and O–H groups in total. The fraction of sp³-hybridized carbons (Fsp3) is 0.417. The number of nitrogens with one attached hydrogen (secondary N) is 1. The predicted octanol–water partition coefficient (Wildman–Crippen LogP) is 6.88. The summed E-state index contributed by atoms with van der Waals surface area (Å²) >= 11 is 1.37. The lowest BCUT2D eigenvalue weighted by molar-refractivity contribution is 0.0239. The lowest BCUT2D eigenvalue weighted by atomic mass is 10.1. The Hall–Kier alpha value is -4.91. The van der Waals surface area contributed by atoms with Crippen LogP contribution in [-0.4, -0.2) is 82.2 Å². The van der Waals surface area contributed by atoms with Crippen molar-refractivity contribution in [2.24, 2.45) is 0 Å². The number of nitrogens with zero attached hydrogens (tertiary/aromatic N) is 6. The van der Waals surface area contributed by atoms with Crippen molar-refractivity contribution >= 4 is 62.2 Å². The van der Waals surface area contributed by atoms with Crippen molar-refractivity contribution < 1.29 is 18.7 Å². The van der Waals surface area contributed by atoms with Gasteiger partial charge < -0.3 is 33.7 Å². The second kappa shape index (κ2) is 12.8. The van der Waals surface area contributed by atoms with Crippen molar-refractivity contribution in [3.63, 3.8) is 0 Å². The summed E-state index contributed by atoms with van der Waals surface area (Å²) < 4.78 is 14.6. The van der Waals surface area contributed by atoms with Crippen LogP contribution in [0.25, 0.3) is 32.4 Å². The lowest BCUT2D eigenvalue weighted by Gasteiger charge is -2.35. The average Bonchev–Trinajstić information content (AvgIpc) is 3.83. The summed E-state index contributed by atoms with van der Waals surface area (Å²) in [6, 6.07) is 11.5. The second-order valence-electron chi connectivity index (χ2n) is 13.9. The molecule has 0 unspecified atom stereocenters. The van der Waals surface area contributed by atoms with Crippen LogP contribution in [0.4, 0.5) is 22.3 Å². The summed E-state index contributed by atoms with van der Waals surface area (Å²) in [6.45, 7) is 7.56. The van der Waals surface area contributed by atoms with Gasteiger partial charge in [0.15, 0.2) is 11.5 Å². The van der Waals surface area contributed by atoms with E-state index in [1.54, 1.807) is 30.1 Å². The average molecular weight is 684 g/mol. The van der Waals surface area contributed by atoms with Gasteiger partial charge in [0.25, 0.3) is 5.91 Å². The highest BCUT2D eigenvalue weighted by Crippen LogP contribution is 2.37. The maximum atomic E-state index is 13.1. The number of amides is 2. The first-order valence-electron chi connectivity index (χ1n) is 16.7. The fourth-order valence-corrected chi connectivity index (χ4v) is 7.49. The SMILES string of the molecule is CN(C)C(=O)c1cc2cnc(Nc3ccc(-c4csc5c(=O)cc(N6CCN(C(=O)OC(C)(C)C)CC6)oc45)cc3)nc2n1C1CCCC1. The minimum atomic E-state index is -0.557. The van der Waals surface area contributed by atoms with Gasteiger partial charge in [0.1, 0.15) is 21.6 Å². The van der Waals surface area contributed by atoms with Gasteiger partial charge in [0.05, 0.1) is 0 Å². The van der Waals surface area contributed by atoms with Gasteiger partial charge in [-0.1, -0.05) is 25.0 Å². The molecule has 2 amide bonds. The predicted molar refractivity (Wildman–Crippen MR) is 192 cm³/mol. The highest BCUT2D eigenvalue weighted by atomic mass is 32.1. The maximum Gasteiger partial charge on any atom is 0.410 e. The maximum absolute atomic E-state index is 13.1. The molecule has 2 fully saturated rings. The van der Waals surface area contributed by atoms with Crippen LogP contribution in [0.3, 0.4) is 0 Å². The van der Waals surface area contributed by atoms with E-state index in [1.165, 1.54) is 17.4 Å². The van der Waals surface area contributed by atoms with E-state index in [0.717, 1.165) is 53.5 Å². The molecule has 12 nitrogen and oxygen atoms in total. The normalized spacial score (nSPS) is 15.7. The highest BCUT2D eigenvalue weighted by Gasteiger charge is 2.28. The summed E-state index contributed by atoms with van der Waals surface area (Å²) in [5.41, 5.74) is 3.84. The van der Waals surface area contributed by atoms with Gasteiger partial charge in [-0.05, 0) is 57.4 Å². The van der Waals surface area contributed by atoms with Crippen LogP contribution in [0.15, 0.2) is 57.2 Å². The summed E-state index contributed by atoms with van der Waals surface area (Å²) in [7, 11) is 3.54. The van der Waals surface area contributed by atoms with Crippen LogP contribution in [0, 0.1) is 0 Å². The molecule has 256 valence electrons. The van der Waals surface area contributed by atoms with Gasteiger partial charge >= 0.3 is 6.09 Å². The van der Waals surface area contributed by atoms with Crippen molar-refractivity contribution in [2.75, 3.05) is 50.5 Å². The summed E-state index contributed by atoms with van der Waals surface area (Å²) in [5, 5.41) is 6.11. The van der Waals surface area contributed by atoms with E-state index < -0.39 is 5.60 Å². The molecule has 5 heterocycles. The minimum absolute atomic E-state index is 0.0420. The van der Waals surface area contributed by atoms with Gasteiger partial charge in [-0.3, -0.25) is 9.59 Å². The Kier molecular flexibility index (Phi) is 8.55. The third-order valence-corrected chi connectivity index (χ3v) is 9.99. The molecule has 13 heteroatoms. The highest BCUT2D eigenvalue weighted by molar-refractivity contribution is 7.17. The van der Waals surface area contributed by atoms with Crippen LogP contribution in [0.2, 0.25) is 0 Å². The zero-order valence-electron chi connectivity index (χ0n) is 28.5. The molecule has 1 saturated heterocycles. The summed E-state index contributed by atoms with van der Waals surface area (Å²) in [6.07, 6.45) is 5.76. The van der Waals surface area contributed by atoms with Gasteiger partial charge in [-0.25, -0.2) is 9.78 Å². The number of hydrogen-bond donors (Lipinski definition) is 1. The summed E-state index contributed by atoms with van der Waals surface area (Å²) in [5.74, 6) is 0.897. The molecule has 1 aliphatic heterocycles. The number of ether oxygens (including phenoxy) is 1. The van der Waals surface area contributed by atoms with E-state index >= 15 is 0 Å². The topological polar surface area (TPSA) is 126 Å². The number of aromatic nitrogens is 3. The number of rotatable bonds is 6. The zero-order valence-corrected chi connectivity index (χ0v) is 29.3. The van der Waals surface area contributed by atoms with Gasteiger partial charge in [-0.15, -0.1) is 11.3 Å². The van der Waals surface area contributed by atoms with Crippen molar-refractivity contribution in [1.29, 1.82) is 0 Å². The molecule has 1 aromatic carbocycles. The first kappa shape index (κ1) is 32.6. The molecule has 49 heavy (non-hydrogen) atoms. The first-order chi connectivity index (χ1) is 23.4. The van der Waals surface area contributed by atoms with E-state index in [1.807, 2.05) is 61.4 Å². The molecule has 7 rings (SSSR count). The van der Waals surface area contributed by atoms with Crippen LogP contribution >= 0.6 is 11.3 Å². The van der Waals surface area contributed by atoms with E-state index in [0.29, 0.717) is 54.0 Å². The number of carbonyl (C=O) groups excluding carboxylic acids is 2. The molecule has 5 aromatic rings. The molecule has 0 spiro atoms. The number of fused-ring (bicyclic) bond motifs is 2. The third kappa shape index (κ3) is 6.59. The number of benzene rings is 1. The number of thiophene rings is 1. The van der Waals surface area contributed by atoms with Crippen molar-refractivity contribution in [3.8, 4) is 11.1 Å². The van der Waals surface area contributed by atoms with Gasteiger partial charge in [0.2, 0.25) is 11.4 Å². The number of piperazine rings is 1. The largest absolute Gasteiger partial charge is 0.444 e. The van der Waals surface area contributed by atoms with E-state index in [4.69, 9.17) is 14.1 Å². The molecular formula is C36H41N7O5S. The number of anilines is 3.